The van der Waals surface area contributed by atoms with Crippen molar-refractivity contribution < 1.29 is 9.84 Å². The maximum atomic E-state index is 9.85. The molecule has 0 radical (unpaired) electrons. The fourth-order valence-corrected chi connectivity index (χ4v) is 3.35. The summed E-state index contributed by atoms with van der Waals surface area (Å²) in [6, 6.07) is 13.6. The molecular weight excluding hydrogens is 404 g/mol. The maximum absolute atomic E-state index is 9.85. The number of benzene rings is 2. The van der Waals surface area contributed by atoms with Crippen LogP contribution < -0.4 is 4.74 Å². The number of thioether (sulfide) groups is 1. The number of aromatic nitrogens is 3. The van der Waals surface area contributed by atoms with Crippen molar-refractivity contribution in [1.82, 2.24) is 14.9 Å². The van der Waals surface area contributed by atoms with Crippen molar-refractivity contribution in [2.24, 2.45) is 5.10 Å². The fraction of sp³-hybridized carbons (Fsp3) is 0.118. The van der Waals surface area contributed by atoms with Gasteiger partial charge in [-0.2, -0.15) is 9.78 Å². The highest BCUT2D eigenvalue weighted by Crippen LogP contribution is 2.34. The lowest BCUT2D eigenvalue weighted by Gasteiger charge is -2.06. The summed E-state index contributed by atoms with van der Waals surface area (Å²) in [5.41, 5.74) is 1.98. The molecule has 0 unspecified atom stereocenters. The molecule has 1 N–H and O–H groups in total. The predicted molar refractivity (Wildman–Crippen MR) is 101 cm³/mol. The van der Waals surface area contributed by atoms with E-state index in [1.165, 1.54) is 12.7 Å². The summed E-state index contributed by atoms with van der Waals surface area (Å²) in [6.45, 7) is 0. The van der Waals surface area contributed by atoms with Gasteiger partial charge >= 0.3 is 0 Å². The van der Waals surface area contributed by atoms with Crippen molar-refractivity contribution >= 4 is 33.9 Å². The standard InChI is InChI=1S/C17H15BrN4O2S/c1-24-15-8-13(7-14(18)16(15)23)9-20-22-11-19-21-17(22)25-10-12-5-3-2-4-6-12/h2-9,11,23H,10H2,1H3. The first kappa shape index (κ1) is 17.5. The number of halogens is 1. The van der Waals surface area contributed by atoms with Gasteiger partial charge in [-0.15, -0.1) is 10.2 Å². The highest BCUT2D eigenvalue weighted by atomic mass is 79.9. The normalized spacial score (nSPS) is 11.1. The minimum Gasteiger partial charge on any atom is -0.503 e. The monoisotopic (exact) mass is 418 g/mol. The lowest BCUT2D eigenvalue weighted by Crippen LogP contribution is -1.94. The van der Waals surface area contributed by atoms with Gasteiger partial charge < -0.3 is 9.84 Å². The molecule has 0 saturated heterocycles. The molecule has 0 atom stereocenters. The first-order valence-corrected chi connectivity index (χ1v) is 9.13. The third-order valence-corrected chi connectivity index (χ3v) is 4.92. The van der Waals surface area contributed by atoms with E-state index >= 15 is 0 Å². The zero-order valence-electron chi connectivity index (χ0n) is 13.3. The average Bonchev–Trinajstić information content (AvgIpc) is 3.09. The Bertz CT molecular complexity index is 884. The molecule has 0 bridgehead atoms. The highest BCUT2D eigenvalue weighted by molar-refractivity contribution is 9.10. The first-order valence-electron chi connectivity index (χ1n) is 7.35. The Morgan fingerprint density at radius 1 is 1.32 bits per heavy atom. The number of hydrogen-bond acceptors (Lipinski definition) is 6. The van der Waals surface area contributed by atoms with Crippen LogP contribution in [0.1, 0.15) is 11.1 Å². The predicted octanol–water partition coefficient (Wildman–Crippen LogP) is 3.93. The van der Waals surface area contributed by atoms with E-state index < -0.39 is 0 Å². The van der Waals surface area contributed by atoms with Crippen molar-refractivity contribution in [3.63, 3.8) is 0 Å². The molecule has 2 aromatic carbocycles. The quantitative estimate of drug-likeness (QED) is 0.484. The van der Waals surface area contributed by atoms with Crippen LogP contribution in [0.4, 0.5) is 0 Å². The molecule has 1 heterocycles. The largest absolute Gasteiger partial charge is 0.503 e. The van der Waals surface area contributed by atoms with Crippen molar-refractivity contribution in [3.05, 3.63) is 64.4 Å². The second-order valence-corrected chi connectivity index (χ2v) is 6.83. The van der Waals surface area contributed by atoms with Crippen LogP contribution in [0.2, 0.25) is 0 Å². The number of hydrogen-bond donors (Lipinski definition) is 1. The second kappa shape index (κ2) is 8.17. The molecule has 128 valence electrons. The average molecular weight is 419 g/mol. The summed E-state index contributed by atoms with van der Waals surface area (Å²) in [5.74, 6) is 1.22. The minimum atomic E-state index is 0.0584. The van der Waals surface area contributed by atoms with Crippen LogP contribution >= 0.6 is 27.7 Å². The van der Waals surface area contributed by atoms with E-state index in [2.05, 4.69) is 43.4 Å². The SMILES string of the molecule is COc1cc(C=Nn2cnnc2SCc2ccccc2)cc(Br)c1O. The molecule has 25 heavy (non-hydrogen) atoms. The van der Waals surface area contributed by atoms with E-state index in [1.54, 1.807) is 41.1 Å². The van der Waals surface area contributed by atoms with E-state index in [0.29, 0.717) is 15.4 Å². The molecule has 0 aliphatic carbocycles. The Morgan fingerprint density at radius 2 is 2.12 bits per heavy atom. The Hall–Kier alpha value is -2.32. The van der Waals surface area contributed by atoms with Gasteiger partial charge in [0.1, 0.15) is 6.33 Å². The van der Waals surface area contributed by atoms with Crippen molar-refractivity contribution in [3.8, 4) is 11.5 Å². The van der Waals surface area contributed by atoms with E-state index in [1.807, 2.05) is 18.2 Å². The van der Waals surface area contributed by atoms with Crippen LogP contribution in [0.25, 0.3) is 0 Å². The molecule has 8 heteroatoms. The Morgan fingerprint density at radius 3 is 2.88 bits per heavy atom. The molecule has 0 saturated carbocycles. The van der Waals surface area contributed by atoms with Crippen LogP contribution in [0.5, 0.6) is 11.5 Å². The first-order chi connectivity index (χ1) is 12.2. The molecule has 0 aliphatic rings. The number of methoxy groups -OCH3 is 1. The van der Waals surface area contributed by atoms with Crippen LogP contribution in [-0.4, -0.2) is 33.3 Å². The zero-order chi connectivity index (χ0) is 17.6. The number of phenols is 1. The molecule has 0 spiro atoms. The van der Waals surface area contributed by atoms with Gasteiger partial charge in [0.25, 0.3) is 0 Å². The molecule has 3 aromatic rings. The lowest BCUT2D eigenvalue weighted by atomic mass is 10.2. The van der Waals surface area contributed by atoms with E-state index in [9.17, 15) is 5.11 Å². The van der Waals surface area contributed by atoms with E-state index in [0.717, 1.165) is 11.3 Å². The van der Waals surface area contributed by atoms with Crippen molar-refractivity contribution in [2.75, 3.05) is 7.11 Å². The molecule has 0 aliphatic heterocycles. The fourth-order valence-electron chi connectivity index (χ4n) is 2.07. The highest BCUT2D eigenvalue weighted by Gasteiger charge is 2.08. The molecule has 6 nitrogen and oxygen atoms in total. The summed E-state index contributed by atoms with van der Waals surface area (Å²) in [4.78, 5) is 0. The van der Waals surface area contributed by atoms with Gasteiger partial charge in [-0.1, -0.05) is 42.1 Å². The number of phenolic OH excluding ortho intramolecular Hbond substituents is 1. The molecule has 0 amide bonds. The second-order valence-electron chi connectivity index (χ2n) is 5.03. The zero-order valence-corrected chi connectivity index (χ0v) is 15.7. The number of nitrogens with zero attached hydrogens (tertiary/aromatic N) is 4. The number of rotatable bonds is 6. The summed E-state index contributed by atoms with van der Waals surface area (Å²) < 4.78 is 7.29. The minimum absolute atomic E-state index is 0.0584. The third kappa shape index (κ3) is 4.40. The Kier molecular flexibility index (Phi) is 5.72. The maximum Gasteiger partial charge on any atom is 0.212 e. The topological polar surface area (TPSA) is 72.5 Å². The smallest absolute Gasteiger partial charge is 0.212 e. The van der Waals surface area contributed by atoms with E-state index in [4.69, 9.17) is 4.74 Å². The van der Waals surface area contributed by atoms with Gasteiger partial charge in [-0.05, 0) is 39.2 Å². The molecule has 3 rings (SSSR count). The van der Waals surface area contributed by atoms with Gasteiger partial charge in [0.15, 0.2) is 11.5 Å². The summed E-state index contributed by atoms with van der Waals surface area (Å²) >= 11 is 4.85. The summed E-state index contributed by atoms with van der Waals surface area (Å²) in [5, 5.41) is 22.9. The van der Waals surface area contributed by atoms with Crippen LogP contribution in [0.3, 0.4) is 0 Å². The van der Waals surface area contributed by atoms with Crippen molar-refractivity contribution in [2.45, 2.75) is 10.9 Å². The van der Waals surface area contributed by atoms with Crippen LogP contribution in [0, 0.1) is 0 Å². The lowest BCUT2D eigenvalue weighted by molar-refractivity contribution is 0.372. The van der Waals surface area contributed by atoms with E-state index in [-0.39, 0.29) is 5.75 Å². The summed E-state index contributed by atoms with van der Waals surface area (Å²) in [7, 11) is 1.50. The van der Waals surface area contributed by atoms with Gasteiger partial charge in [0.2, 0.25) is 5.16 Å². The molecule has 1 aromatic heterocycles. The van der Waals surface area contributed by atoms with Gasteiger partial charge in [-0.25, -0.2) is 0 Å². The molecular formula is C17H15BrN4O2S. The Labute approximate surface area is 157 Å². The van der Waals surface area contributed by atoms with Gasteiger partial charge in [0, 0.05) is 5.75 Å². The van der Waals surface area contributed by atoms with Gasteiger partial charge in [-0.3, -0.25) is 0 Å². The number of ether oxygens (including phenoxy) is 1. The summed E-state index contributed by atoms with van der Waals surface area (Å²) in [6.07, 6.45) is 3.21. The Balaban J connectivity index is 1.75. The van der Waals surface area contributed by atoms with Gasteiger partial charge in [0.05, 0.1) is 17.8 Å². The van der Waals surface area contributed by atoms with Crippen molar-refractivity contribution in [1.29, 1.82) is 0 Å². The third-order valence-electron chi connectivity index (χ3n) is 3.31. The van der Waals surface area contributed by atoms with Crippen LogP contribution in [0.15, 0.2) is 63.5 Å². The van der Waals surface area contributed by atoms with Crippen LogP contribution in [-0.2, 0) is 5.75 Å². The molecule has 0 fully saturated rings. The number of aromatic hydroxyl groups is 1.